The summed E-state index contributed by atoms with van der Waals surface area (Å²) in [5, 5.41) is 10.5. The Morgan fingerprint density at radius 1 is 1.21 bits per heavy atom. The van der Waals surface area contributed by atoms with Crippen LogP contribution in [0.3, 0.4) is 0 Å². The minimum atomic E-state index is -0.839. The van der Waals surface area contributed by atoms with E-state index in [-0.39, 0.29) is 34.4 Å². The summed E-state index contributed by atoms with van der Waals surface area (Å²) in [4.78, 5) is 47.8. The Morgan fingerprint density at radius 2 is 1.84 bits per heavy atom. The summed E-state index contributed by atoms with van der Waals surface area (Å²) in [5.74, 6) is -1.77. The summed E-state index contributed by atoms with van der Waals surface area (Å²) in [7, 11) is 1.72. The van der Waals surface area contributed by atoms with Crippen LogP contribution in [0.1, 0.15) is 38.8 Å². The Hall–Kier alpha value is -2.10. The van der Waals surface area contributed by atoms with Crippen LogP contribution >= 0.6 is 27.7 Å². The molecule has 0 aliphatic carbocycles. The first kappa shape index (κ1) is 28.9. The lowest BCUT2D eigenvalue weighted by Crippen LogP contribution is -2.59. The standard InChI is InChI=1S/C29H38BrN3O4S/c1-7-14-31(6)25(35)21-22-26(36)33(20(17-34)18-12-10-9-11-13-18)24(29(22)16-19(30)23(21)38-29)27(37)32(15-8-2)28(3,4)5/h7-13,19-24,34H,1-2,14-17H2,3-6H3/t19?,20-,21+,22+,23+,24?,29?/m1/s1. The van der Waals surface area contributed by atoms with Gasteiger partial charge >= 0.3 is 0 Å². The predicted octanol–water partition coefficient (Wildman–Crippen LogP) is 3.64. The van der Waals surface area contributed by atoms with E-state index in [1.165, 1.54) is 0 Å². The second-order valence-corrected chi connectivity index (χ2v) is 14.2. The first-order chi connectivity index (χ1) is 17.9. The summed E-state index contributed by atoms with van der Waals surface area (Å²) < 4.78 is -0.796. The molecule has 1 N–H and O–H groups in total. The average molecular weight is 605 g/mol. The molecular formula is C29H38BrN3O4S. The van der Waals surface area contributed by atoms with E-state index in [0.717, 1.165) is 5.56 Å². The van der Waals surface area contributed by atoms with Crippen molar-refractivity contribution in [3.8, 4) is 0 Å². The van der Waals surface area contributed by atoms with Gasteiger partial charge in [-0.05, 0) is 32.8 Å². The Morgan fingerprint density at radius 3 is 2.39 bits per heavy atom. The number of carbonyl (C=O) groups is 3. The van der Waals surface area contributed by atoms with Crippen LogP contribution in [0.15, 0.2) is 55.6 Å². The van der Waals surface area contributed by atoms with Crippen molar-refractivity contribution >= 4 is 45.4 Å². The van der Waals surface area contributed by atoms with Gasteiger partial charge in [0, 0.05) is 35.8 Å². The molecule has 1 aromatic carbocycles. The van der Waals surface area contributed by atoms with Gasteiger partial charge in [0.2, 0.25) is 17.7 Å². The number of hydrogen-bond donors (Lipinski definition) is 1. The number of alkyl halides is 1. The predicted molar refractivity (Wildman–Crippen MR) is 155 cm³/mol. The van der Waals surface area contributed by atoms with Gasteiger partial charge < -0.3 is 19.8 Å². The molecule has 0 radical (unpaired) electrons. The number of fused-ring (bicyclic) bond motifs is 1. The van der Waals surface area contributed by atoms with E-state index in [2.05, 4.69) is 29.1 Å². The van der Waals surface area contributed by atoms with E-state index in [1.54, 1.807) is 45.7 Å². The van der Waals surface area contributed by atoms with Crippen LogP contribution < -0.4 is 0 Å². The summed E-state index contributed by atoms with van der Waals surface area (Å²) in [5.41, 5.74) is 0.232. The normalized spacial score (nSPS) is 30.6. The number of carbonyl (C=O) groups excluding carboxylic acids is 3. The molecule has 7 atom stereocenters. The van der Waals surface area contributed by atoms with Crippen LogP contribution in [-0.2, 0) is 14.4 Å². The zero-order valence-corrected chi connectivity index (χ0v) is 25.0. The number of thioether (sulfide) groups is 1. The Bertz CT molecular complexity index is 1110. The summed E-state index contributed by atoms with van der Waals surface area (Å²) >= 11 is 5.42. The number of halogens is 1. The number of amides is 3. The van der Waals surface area contributed by atoms with Crippen LogP contribution in [0, 0.1) is 11.8 Å². The Balaban J connectivity index is 1.89. The molecule has 3 amide bonds. The lowest BCUT2D eigenvalue weighted by atomic mass is 9.70. The molecule has 1 spiro atoms. The van der Waals surface area contributed by atoms with E-state index in [0.29, 0.717) is 19.5 Å². The van der Waals surface area contributed by atoms with Crippen LogP contribution in [0.4, 0.5) is 0 Å². The number of benzene rings is 1. The molecular weight excluding hydrogens is 566 g/mol. The monoisotopic (exact) mass is 603 g/mol. The number of nitrogens with zero attached hydrogens (tertiary/aromatic N) is 3. The number of likely N-dealkylation sites (N-methyl/N-ethyl adjacent to an activating group) is 1. The third kappa shape index (κ3) is 4.54. The number of rotatable bonds is 9. The Kier molecular flexibility index (Phi) is 8.22. The van der Waals surface area contributed by atoms with Crippen molar-refractivity contribution in [3.05, 3.63) is 61.2 Å². The van der Waals surface area contributed by atoms with Crippen LogP contribution in [0.25, 0.3) is 0 Å². The maximum absolute atomic E-state index is 14.6. The molecule has 3 aliphatic heterocycles. The van der Waals surface area contributed by atoms with Crippen molar-refractivity contribution in [1.29, 1.82) is 0 Å². The van der Waals surface area contributed by atoms with E-state index in [4.69, 9.17) is 0 Å². The van der Waals surface area contributed by atoms with Gasteiger partial charge in [-0.3, -0.25) is 14.4 Å². The van der Waals surface area contributed by atoms with Gasteiger partial charge in [-0.25, -0.2) is 0 Å². The molecule has 1 aromatic rings. The molecule has 38 heavy (non-hydrogen) atoms. The topological polar surface area (TPSA) is 81.2 Å². The van der Waals surface area contributed by atoms with Gasteiger partial charge in [0.1, 0.15) is 6.04 Å². The molecule has 206 valence electrons. The molecule has 7 nitrogen and oxygen atoms in total. The molecule has 0 saturated carbocycles. The highest BCUT2D eigenvalue weighted by Gasteiger charge is 2.76. The van der Waals surface area contributed by atoms with Gasteiger partial charge in [-0.1, -0.05) is 58.4 Å². The van der Waals surface area contributed by atoms with E-state index < -0.39 is 34.2 Å². The number of aliphatic hydroxyl groups is 1. The third-order valence-electron chi connectivity index (χ3n) is 8.11. The fourth-order valence-corrected chi connectivity index (χ4v) is 10.1. The lowest BCUT2D eigenvalue weighted by Gasteiger charge is -2.43. The smallest absolute Gasteiger partial charge is 0.247 e. The molecule has 3 fully saturated rings. The van der Waals surface area contributed by atoms with Crippen molar-refractivity contribution in [1.82, 2.24) is 14.7 Å². The fraction of sp³-hybridized carbons (Fsp3) is 0.552. The van der Waals surface area contributed by atoms with Crippen LogP contribution in [-0.4, -0.2) is 90.7 Å². The number of aliphatic hydroxyl groups excluding tert-OH is 1. The minimum Gasteiger partial charge on any atom is -0.394 e. The molecule has 4 rings (SSSR count). The molecule has 0 aromatic heterocycles. The highest BCUT2D eigenvalue weighted by atomic mass is 79.9. The minimum absolute atomic E-state index is 0.0235. The van der Waals surface area contributed by atoms with Crippen molar-refractivity contribution in [3.63, 3.8) is 0 Å². The van der Waals surface area contributed by atoms with Crippen LogP contribution in [0.5, 0.6) is 0 Å². The van der Waals surface area contributed by atoms with E-state index >= 15 is 0 Å². The largest absolute Gasteiger partial charge is 0.394 e. The number of likely N-dealkylation sites (tertiary alicyclic amines) is 1. The molecule has 3 unspecified atom stereocenters. The van der Waals surface area contributed by atoms with Crippen molar-refractivity contribution in [2.75, 3.05) is 26.7 Å². The summed E-state index contributed by atoms with van der Waals surface area (Å²) in [6.45, 7) is 13.9. The van der Waals surface area contributed by atoms with Crippen molar-refractivity contribution in [2.24, 2.45) is 11.8 Å². The fourth-order valence-electron chi connectivity index (χ4n) is 6.50. The highest BCUT2D eigenvalue weighted by molar-refractivity contribution is 9.09. The molecule has 9 heteroatoms. The van der Waals surface area contributed by atoms with Gasteiger partial charge in [-0.2, -0.15) is 0 Å². The Labute approximate surface area is 238 Å². The van der Waals surface area contributed by atoms with Crippen LogP contribution in [0.2, 0.25) is 0 Å². The van der Waals surface area contributed by atoms with Gasteiger partial charge in [0.15, 0.2) is 0 Å². The maximum Gasteiger partial charge on any atom is 0.247 e. The third-order valence-corrected chi connectivity index (χ3v) is 11.3. The number of hydrogen-bond acceptors (Lipinski definition) is 5. The first-order valence-corrected chi connectivity index (χ1v) is 14.8. The molecule has 3 heterocycles. The average Bonchev–Trinajstić information content (AvgIpc) is 3.46. The van der Waals surface area contributed by atoms with Gasteiger partial charge in [0.25, 0.3) is 0 Å². The maximum atomic E-state index is 14.6. The molecule has 3 aliphatic rings. The first-order valence-electron chi connectivity index (χ1n) is 13.0. The molecule has 3 saturated heterocycles. The zero-order valence-electron chi connectivity index (χ0n) is 22.5. The van der Waals surface area contributed by atoms with E-state index in [1.807, 2.05) is 51.1 Å². The quantitative estimate of drug-likeness (QED) is 0.344. The van der Waals surface area contributed by atoms with Gasteiger partial charge in [0.05, 0.1) is 29.2 Å². The second kappa shape index (κ2) is 10.8. The summed E-state index contributed by atoms with van der Waals surface area (Å²) in [6, 6.07) is 7.78. The second-order valence-electron chi connectivity index (χ2n) is 11.4. The van der Waals surface area contributed by atoms with Crippen molar-refractivity contribution in [2.45, 2.75) is 59.6 Å². The summed E-state index contributed by atoms with van der Waals surface area (Å²) in [6.07, 6.45) is 3.95. The molecule has 2 bridgehead atoms. The van der Waals surface area contributed by atoms with E-state index in [9.17, 15) is 19.5 Å². The van der Waals surface area contributed by atoms with Crippen molar-refractivity contribution < 1.29 is 19.5 Å². The zero-order chi connectivity index (χ0) is 28.0. The lowest BCUT2D eigenvalue weighted by molar-refractivity contribution is -0.148. The SMILES string of the molecule is C=CCN(C)C(=O)[C@H]1[C@H]2C(=O)N([C@H](CO)c3ccccc3)C(C(=O)N(CC=C)C(C)(C)C)C23CC(Br)[C@@H]1S3. The van der Waals surface area contributed by atoms with Gasteiger partial charge in [-0.15, -0.1) is 24.9 Å². The highest BCUT2D eigenvalue weighted by Crippen LogP contribution is 2.68.